The molecule has 0 radical (unpaired) electrons. The van der Waals surface area contributed by atoms with E-state index in [2.05, 4.69) is 51.7 Å². The van der Waals surface area contributed by atoms with E-state index in [1.807, 2.05) is 20.2 Å². The number of benzene rings is 1. The molecule has 0 aliphatic carbocycles. The number of aryl methyl sites for hydroxylation is 1. The van der Waals surface area contributed by atoms with Gasteiger partial charge in [0.1, 0.15) is 5.69 Å². The van der Waals surface area contributed by atoms with Crippen molar-refractivity contribution in [1.29, 1.82) is 0 Å². The molecule has 5 nitrogen and oxygen atoms in total. The molecular formula is C19H26N4O. The van der Waals surface area contributed by atoms with Crippen molar-refractivity contribution in [3.8, 4) is 0 Å². The van der Waals surface area contributed by atoms with E-state index in [0.29, 0.717) is 18.8 Å². The molecule has 0 aliphatic rings. The predicted molar refractivity (Wildman–Crippen MR) is 98.2 cm³/mol. The van der Waals surface area contributed by atoms with Crippen LogP contribution in [-0.4, -0.2) is 43.0 Å². The van der Waals surface area contributed by atoms with E-state index in [1.54, 1.807) is 12.3 Å². The lowest BCUT2D eigenvalue weighted by Gasteiger charge is -2.10. The van der Waals surface area contributed by atoms with Gasteiger partial charge in [-0.2, -0.15) is 0 Å². The maximum absolute atomic E-state index is 12.1. The fourth-order valence-electron chi connectivity index (χ4n) is 2.26. The van der Waals surface area contributed by atoms with E-state index in [0.717, 1.165) is 18.7 Å². The molecule has 0 atom stereocenters. The molecule has 128 valence electrons. The lowest BCUT2D eigenvalue weighted by Crippen LogP contribution is -2.27. The number of rotatable bonds is 8. The standard InChI is InChI=1S/C19H26N4O/c1-15-5-7-16(8-6-15)14-22-17-9-11-20-18(13-17)19(24)21-10-4-12-23(2)3/h5-9,11,13H,4,10,12,14H2,1-3H3,(H,20,22)(H,21,24). The summed E-state index contributed by atoms with van der Waals surface area (Å²) in [7, 11) is 4.04. The van der Waals surface area contributed by atoms with Crippen LogP contribution < -0.4 is 10.6 Å². The van der Waals surface area contributed by atoms with E-state index < -0.39 is 0 Å². The Hall–Kier alpha value is -2.40. The van der Waals surface area contributed by atoms with Gasteiger partial charge in [-0.25, -0.2) is 0 Å². The molecule has 2 rings (SSSR count). The van der Waals surface area contributed by atoms with Crippen LogP contribution in [0.4, 0.5) is 5.69 Å². The van der Waals surface area contributed by atoms with Crippen LogP contribution in [0.25, 0.3) is 0 Å². The van der Waals surface area contributed by atoms with Crippen molar-refractivity contribution in [1.82, 2.24) is 15.2 Å². The van der Waals surface area contributed by atoms with Gasteiger partial charge in [0, 0.05) is 25.0 Å². The van der Waals surface area contributed by atoms with E-state index in [9.17, 15) is 4.79 Å². The van der Waals surface area contributed by atoms with Crippen LogP contribution in [0.5, 0.6) is 0 Å². The largest absolute Gasteiger partial charge is 0.381 e. The summed E-state index contributed by atoms with van der Waals surface area (Å²) in [4.78, 5) is 18.4. The monoisotopic (exact) mass is 326 g/mol. The minimum Gasteiger partial charge on any atom is -0.381 e. The molecule has 0 saturated carbocycles. The van der Waals surface area contributed by atoms with Crippen molar-refractivity contribution < 1.29 is 4.79 Å². The molecule has 1 aromatic carbocycles. The van der Waals surface area contributed by atoms with Crippen LogP contribution in [0.15, 0.2) is 42.6 Å². The first-order valence-corrected chi connectivity index (χ1v) is 8.23. The van der Waals surface area contributed by atoms with Crippen molar-refractivity contribution in [3.05, 3.63) is 59.4 Å². The second-order valence-corrected chi connectivity index (χ2v) is 6.18. The summed E-state index contributed by atoms with van der Waals surface area (Å²) in [5.74, 6) is -0.132. The van der Waals surface area contributed by atoms with E-state index >= 15 is 0 Å². The lowest BCUT2D eigenvalue weighted by atomic mass is 10.1. The number of pyridine rings is 1. The highest BCUT2D eigenvalue weighted by Crippen LogP contribution is 2.11. The van der Waals surface area contributed by atoms with Gasteiger partial charge in [-0.05, 0) is 51.7 Å². The summed E-state index contributed by atoms with van der Waals surface area (Å²) >= 11 is 0. The Labute approximate surface area is 144 Å². The summed E-state index contributed by atoms with van der Waals surface area (Å²) < 4.78 is 0. The van der Waals surface area contributed by atoms with Gasteiger partial charge in [-0.15, -0.1) is 0 Å². The molecule has 1 amide bonds. The SMILES string of the molecule is Cc1ccc(CNc2ccnc(C(=O)NCCCN(C)C)c2)cc1. The number of nitrogens with zero attached hydrogens (tertiary/aromatic N) is 2. The highest BCUT2D eigenvalue weighted by molar-refractivity contribution is 5.93. The molecule has 1 heterocycles. The molecule has 2 N–H and O–H groups in total. The third kappa shape index (κ3) is 6.01. The van der Waals surface area contributed by atoms with Crippen molar-refractivity contribution >= 4 is 11.6 Å². The average Bonchev–Trinajstić information content (AvgIpc) is 2.58. The molecule has 1 aromatic heterocycles. The van der Waals surface area contributed by atoms with Crippen LogP contribution >= 0.6 is 0 Å². The summed E-state index contributed by atoms with van der Waals surface area (Å²) in [6, 6.07) is 12.0. The predicted octanol–water partition coefficient (Wildman–Crippen LogP) is 2.68. The summed E-state index contributed by atoms with van der Waals surface area (Å²) in [6.07, 6.45) is 2.58. The van der Waals surface area contributed by atoms with Gasteiger partial charge >= 0.3 is 0 Å². The van der Waals surface area contributed by atoms with Gasteiger partial charge in [0.2, 0.25) is 0 Å². The molecule has 0 spiro atoms. The minimum atomic E-state index is -0.132. The maximum atomic E-state index is 12.1. The van der Waals surface area contributed by atoms with Crippen molar-refractivity contribution in [3.63, 3.8) is 0 Å². The van der Waals surface area contributed by atoms with E-state index in [-0.39, 0.29) is 5.91 Å². The molecule has 0 saturated heterocycles. The Morgan fingerprint density at radius 2 is 1.92 bits per heavy atom. The average molecular weight is 326 g/mol. The molecule has 0 bridgehead atoms. The lowest BCUT2D eigenvalue weighted by molar-refractivity contribution is 0.0947. The van der Waals surface area contributed by atoms with Crippen LogP contribution in [0.1, 0.15) is 28.0 Å². The Balaban J connectivity index is 1.86. The van der Waals surface area contributed by atoms with Gasteiger partial charge in [0.05, 0.1) is 0 Å². The van der Waals surface area contributed by atoms with Gasteiger partial charge < -0.3 is 15.5 Å². The molecule has 24 heavy (non-hydrogen) atoms. The van der Waals surface area contributed by atoms with Gasteiger partial charge in [0.15, 0.2) is 0 Å². The third-order valence-electron chi connectivity index (χ3n) is 3.68. The quantitative estimate of drug-likeness (QED) is 0.732. The number of carbonyl (C=O) groups excluding carboxylic acids is 1. The Morgan fingerprint density at radius 3 is 2.62 bits per heavy atom. The zero-order valence-electron chi connectivity index (χ0n) is 14.7. The topological polar surface area (TPSA) is 57.3 Å². The zero-order valence-corrected chi connectivity index (χ0v) is 14.7. The first kappa shape index (κ1) is 17.9. The molecule has 5 heteroatoms. The number of anilines is 1. The van der Waals surface area contributed by atoms with Crippen LogP contribution in [0.2, 0.25) is 0 Å². The van der Waals surface area contributed by atoms with E-state index in [1.165, 1.54) is 11.1 Å². The first-order valence-electron chi connectivity index (χ1n) is 8.23. The van der Waals surface area contributed by atoms with Crippen molar-refractivity contribution in [2.45, 2.75) is 19.9 Å². The number of nitrogens with one attached hydrogen (secondary N) is 2. The number of carbonyl (C=O) groups is 1. The van der Waals surface area contributed by atoms with Gasteiger partial charge in [0.25, 0.3) is 5.91 Å². The van der Waals surface area contributed by atoms with Crippen LogP contribution in [0, 0.1) is 6.92 Å². The highest BCUT2D eigenvalue weighted by atomic mass is 16.1. The number of amides is 1. The summed E-state index contributed by atoms with van der Waals surface area (Å²) in [6.45, 7) is 4.39. The van der Waals surface area contributed by atoms with Crippen LogP contribution in [0.3, 0.4) is 0 Å². The fourth-order valence-corrected chi connectivity index (χ4v) is 2.26. The van der Waals surface area contributed by atoms with Crippen molar-refractivity contribution in [2.75, 3.05) is 32.5 Å². The second kappa shape index (κ2) is 9.03. The van der Waals surface area contributed by atoms with Crippen LogP contribution in [-0.2, 0) is 6.54 Å². The van der Waals surface area contributed by atoms with Gasteiger partial charge in [-0.3, -0.25) is 9.78 Å². The Bertz CT molecular complexity index is 653. The number of hydrogen-bond acceptors (Lipinski definition) is 4. The highest BCUT2D eigenvalue weighted by Gasteiger charge is 2.07. The maximum Gasteiger partial charge on any atom is 0.269 e. The van der Waals surface area contributed by atoms with Crippen molar-refractivity contribution in [2.24, 2.45) is 0 Å². The third-order valence-corrected chi connectivity index (χ3v) is 3.68. The molecule has 0 unspecified atom stereocenters. The summed E-state index contributed by atoms with van der Waals surface area (Å²) in [5, 5.41) is 6.24. The number of hydrogen-bond donors (Lipinski definition) is 2. The minimum absolute atomic E-state index is 0.132. The normalized spacial score (nSPS) is 10.7. The second-order valence-electron chi connectivity index (χ2n) is 6.18. The smallest absolute Gasteiger partial charge is 0.269 e. The van der Waals surface area contributed by atoms with Gasteiger partial charge in [-0.1, -0.05) is 29.8 Å². The zero-order chi connectivity index (χ0) is 17.4. The first-order chi connectivity index (χ1) is 11.5. The number of aromatic nitrogens is 1. The Morgan fingerprint density at radius 1 is 1.17 bits per heavy atom. The Kier molecular flexibility index (Phi) is 6.75. The fraction of sp³-hybridized carbons (Fsp3) is 0.368. The van der Waals surface area contributed by atoms with E-state index in [4.69, 9.17) is 0 Å². The molecule has 0 fully saturated rings. The summed E-state index contributed by atoms with van der Waals surface area (Å²) in [5.41, 5.74) is 3.78. The molecular weight excluding hydrogens is 300 g/mol. The molecule has 2 aromatic rings. The molecule has 0 aliphatic heterocycles.